The topological polar surface area (TPSA) is 29.4 Å². The van der Waals surface area contributed by atoms with Gasteiger partial charge >= 0.3 is 6.18 Å². The Balaban J connectivity index is 2.24. The number of alkyl halides is 3. The monoisotopic (exact) mass is 269 g/mol. The van der Waals surface area contributed by atoms with E-state index in [2.05, 4.69) is 4.99 Å². The van der Waals surface area contributed by atoms with Crippen LogP contribution in [0.5, 0.6) is 0 Å². The van der Waals surface area contributed by atoms with Crippen LogP contribution in [-0.2, 0) is 11.0 Å². The average molecular weight is 269 g/mol. The molecule has 1 aromatic carbocycles. The van der Waals surface area contributed by atoms with E-state index in [1.807, 2.05) is 0 Å². The Morgan fingerprint density at radius 3 is 2.21 bits per heavy atom. The molecule has 1 saturated carbocycles. The molecule has 0 aromatic heterocycles. The van der Waals surface area contributed by atoms with Gasteiger partial charge < -0.3 is 0 Å². The lowest BCUT2D eigenvalue weighted by atomic mass is 9.91. The number of benzene rings is 1. The molecule has 2 nitrogen and oxygen atoms in total. The van der Waals surface area contributed by atoms with Crippen LogP contribution in [0.4, 0.5) is 13.2 Å². The minimum absolute atomic E-state index is 0.234. The average Bonchev–Trinajstić information content (AvgIpc) is 2.89. The molecule has 102 valence electrons. The predicted octanol–water partition coefficient (Wildman–Crippen LogP) is 4.27. The highest BCUT2D eigenvalue weighted by Crippen LogP contribution is 2.39. The normalized spacial score (nSPS) is 18.1. The quantitative estimate of drug-likeness (QED) is 0.595. The fourth-order valence-electron chi connectivity index (χ4n) is 2.65. The SMILES string of the molecule is O=C=NC(c1ccc(C(F)(F)F)cc1)C1CCCC1. The van der Waals surface area contributed by atoms with Crippen molar-refractivity contribution < 1.29 is 18.0 Å². The van der Waals surface area contributed by atoms with E-state index in [4.69, 9.17) is 0 Å². The van der Waals surface area contributed by atoms with Gasteiger partial charge in [-0.25, -0.2) is 4.79 Å². The van der Waals surface area contributed by atoms with Gasteiger partial charge in [-0.1, -0.05) is 25.0 Å². The molecule has 0 spiro atoms. The van der Waals surface area contributed by atoms with Crippen molar-refractivity contribution >= 4 is 6.08 Å². The second-order valence-electron chi connectivity index (χ2n) is 4.83. The summed E-state index contributed by atoms with van der Waals surface area (Å²) < 4.78 is 37.5. The number of isocyanates is 1. The molecular formula is C14H14F3NO. The summed E-state index contributed by atoms with van der Waals surface area (Å²) >= 11 is 0. The van der Waals surface area contributed by atoms with Gasteiger partial charge in [-0.15, -0.1) is 0 Å². The lowest BCUT2D eigenvalue weighted by molar-refractivity contribution is -0.137. The van der Waals surface area contributed by atoms with Gasteiger partial charge in [-0.2, -0.15) is 18.2 Å². The molecule has 5 heteroatoms. The second kappa shape index (κ2) is 5.57. The first kappa shape index (κ1) is 13.8. The van der Waals surface area contributed by atoms with Crippen LogP contribution in [0.15, 0.2) is 29.3 Å². The number of rotatable bonds is 3. The highest BCUT2D eigenvalue weighted by Gasteiger charge is 2.31. The highest BCUT2D eigenvalue weighted by molar-refractivity contribution is 5.36. The molecule has 2 rings (SSSR count). The van der Waals surface area contributed by atoms with Gasteiger partial charge in [0.2, 0.25) is 6.08 Å². The molecule has 1 atom stereocenters. The molecule has 0 bridgehead atoms. The van der Waals surface area contributed by atoms with E-state index in [9.17, 15) is 18.0 Å². The second-order valence-corrected chi connectivity index (χ2v) is 4.83. The lowest BCUT2D eigenvalue weighted by Gasteiger charge is -2.18. The summed E-state index contributed by atoms with van der Waals surface area (Å²) in [6.45, 7) is 0. The third kappa shape index (κ3) is 3.24. The maximum atomic E-state index is 12.5. The zero-order valence-electron chi connectivity index (χ0n) is 10.3. The Morgan fingerprint density at radius 1 is 1.16 bits per heavy atom. The minimum Gasteiger partial charge on any atom is -0.211 e. The van der Waals surface area contributed by atoms with Crippen LogP contribution in [-0.4, -0.2) is 6.08 Å². The van der Waals surface area contributed by atoms with Gasteiger partial charge in [0.05, 0.1) is 11.6 Å². The van der Waals surface area contributed by atoms with Crippen LogP contribution >= 0.6 is 0 Å². The molecule has 0 N–H and O–H groups in total. The first-order valence-electron chi connectivity index (χ1n) is 6.26. The molecule has 1 aliphatic rings. The summed E-state index contributed by atoms with van der Waals surface area (Å²) in [5.41, 5.74) is -0.0280. The molecule has 1 aliphatic carbocycles. The Labute approximate surface area is 109 Å². The van der Waals surface area contributed by atoms with E-state index in [0.717, 1.165) is 37.8 Å². The van der Waals surface area contributed by atoms with E-state index >= 15 is 0 Å². The van der Waals surface area contributed by atoms with Crippen LogP contribution in [0.3, 0.4) is 0 Å². The Hall–Kier alpha value is -1.61. The summed E-state index contributed by atoms with van der Waals surface area (Å²) in [7, 11) is 0. The van der Waals surface area contributed by atoms with Crippen LogP contribution in [0, 0.1) is 5.92 Å². The number of hydrogen-bond donors (Lipinski definition) is 0. The Morgan fingerprint density at radius 2 is 1.74 bits per heavy atom. The first-order chi connectivity index (χ1) is 9.02. The molecule has 0 radical (unpaired) electrons. The van der Waals surface area contributed by atoms with Crippen molar-refractivity contribution in [3.8, 4) is 0 Å². The third-order valence-corrected chi connectivity index (χ3v) is 3.62. The van der Waals surface area contributed by atoms with Crippen molar-refractivity contribution in [3.05, 3.63) is 35.4 Å². The van der Waals surface area contributed by atoms with Crippen LogP contribution in [0.1, 0.15) is 42.9 Å². The fraction of sp³-hybridized carbons (Fsp3) is 0.500. The largest absolute Gasteiger partial charge is 0.416 e. The summed E-state index contributed by atoms with van der Waals surface area (Å²) in [6.07, 6.45) is 1.27. The molecule has 19 heavy (non-hydrogen) atoms. The zero-order chi connectivity index (χ0) is 13.9. The van der Waals surface area contributed by atoms with Gasteiger partial charge in [0, 0.05) is 0 Å². The predicted molar refractivity (Wildman–Crippen MR) is 64.3 cm³/mol. The molecule has 1 unspecified atom stereocenters. The molecule has 0 amide bonds. The lowest BCUT2D eigenvalue weighted by Crippen LogP contribution is -2.09. The Bertz CT molecular complexity index is 468. The van der Waals surface area contributed by atoms with Crippen molar-refractivity contribution in [1.29, 1.82) is 0 Å². The number of carbonyl (C=O) groups excluding carboxylic acids is 1. The molecule has 0 heterocycles. The van der Waals surface area contributed by atoms with Gasteiger partial charge in [-0.05, 0) is 36.5 Å². The molecule has 0 saturated heterocycles. The molecule has 1 aromatic rings. The summed E-state index contributed by atoms with van der Waals surface area (Å²) in [5.74, 6) is 0.234. The van der Waals surface area contributed by atoms with Crippen molar-refractivity contribution in [2.24, 2.45) is 10.9 Å². The maximum Gasteiger partial charge on any atom is 0.416 e. The zero-order valence-corrected chi connectivity index (χ0v) is 10.3. The van der Waals surface area contributed by atoms with E-state index in [-0.39, 0.29) is 12.0 Å². The standard InChI is InChI=1S/C14H14F3NO/c15-14(16,17)12-7-5-11(6-8-12)13(18-9-19)10-3-1-2-4-10/h5-8,10,13H,1-4H2. The van der Waals surface area contributed by atoms with E-state index in [1.165, 1.54) is 12.1 Å². The summed E-state index contributed by atoms with van der Waals surface area (Å²) in [5, 5.41) is 0. The van der Waals surface area contributed by atoms with Gasteiger partial charge in [0.25, 0.3) is 0 Å². The highest BCUT2D eigenvalue weighted by atomic mass is 19.4. The Kier molecular flexibility index (Phi) is 4.05. The summed E-state index contributed by atoms with van der Waals surface area (Å²) in [6, 6.07) is 4.54. The first-order valence-corrected chi connectivity index (χ1v) is 6.26. The van der Waals surface area contributed by atoms with Gasteiger partial charge in [0.1, 0.15) is 0 Å². The number of hydrogen-bond acceptors (Lipinski definition) is 2. The van der Waals surface area contributed by atoms with Crippen molar-refractivity contribution in [2.75, 3.05) is 0 Å². The van der Waals surface area contributed by atoms with Crippen LogP contribution < -0.4 is 0 Å². The van der Waals surface area contributed by atoms with E-state index in [1.54, 1.807) is 6.08 Å². The van der Waals surface area contributed by atoms with Gasteiger partial charge in [-0.3, -0.25) is 0 Å². The molecule has 1 fully saturated rings. The smallest absolute Gasteiger partial charge is 0.211 e. The maximum absolute atomic E-state index is 12.5. The molecular weight excluding hydrogens is 255 g/mol. The van der Waals surface area contributed by atoms with E-state index in [0.29, 0.717) is 5.56 Å². The molecule has 0 aliphatic heterocycles. The third-order valence-electron chi connectivity index (χ3n) is 3.62. The summed E-state index contributed by atoms with van der Waals surface area (Å²) in [4.78, 5) is 14.3. The van der Waals surface area contributed by atoms with Crippen LogP contribution in [0.2, 0.25) is 0 Å². The minimum atomic E-state index is -4.34. The number of halogens is 3. The van der Waals surface area contributed by atoms with Crippen molar-refractivity contribution in [1.82, 2.24) is 0 Å². The van der Waals surface area contributed by atoms with Crippen molar-refractivity contribution in [2.45, 2.75) is 37.9 Å². The van der Waals surface area contributed by atoms with Gasteiger partial charge in [0.15, 0.2) is 0 Å². The van der Waals surface area contributed by atoms with Crippen molar-refractivity contribution in [3.63, 3.8) is 0 Å². The fourth-order valence-corrected chi connectivity index (χ4v) is 2.65. The van der Waals surface area contributed by atoms with E-state index < -0.39 is 11.7 Å². The number of aliphatic imine (C=N–C) groups is 1. The number of nitrogens with zero attached hydrogens (tertiary/aromatic N) is 1. The van der Waals surface area contributed by atoms with Crippen LogP contribution in [0.25, 0.3) is 0 Å².